The van der Waals surface area contributed by atoms with Crippen LogP contribution in [0.15, 0.2) is 24.4 Å². The fourth-order valence-electron chi connectivity index (χ4n) is 4.32. The summed E-state index contributed by atoms with van der Waals surface area (Å²) in [5.74, 6) is 0.492. The molecule has 0 atom stereocenters. The maximum absolute atomic E-state index is 12.0. The van der Waals surface area contributed by atoms with Gasteiger partial charge in [-0.05, 0) is 49.8 Å². The van der Waals surface area contributed by atoms with Crippen LogP contribution in [-0.2, 0) is 11.2 Å². The fraction of sp³-hybridized carbons (Fsp3) is 0.478. The van der Waals surface area contributed by atoms with Gasteiger partial charge >= 0.3 is 0 Å². The second-order valence-corrected chi connectivity index (χ2v) is 8.09. The molecule has 2 heterocycles. The first kappa shape index (κ1) is 21.2. The van der Waals surface area contributed by atoms with Crippen LogP contribution in [-0.4, -0.2) is 54.8 Å². The molecule has 162 valence electrons. The van der Waals surface area contributed by atoms with E-state index in [1.807, 2.05) is 18.2 Å². The van der Waals surface area contributed by atoms with Gasteiger partial charge in [-0.1, -0.05) is 6.07 Å². The normalized spacial score (nSPS) is 20.5. The lowest BCUT2D eigenvalue weighted by Gasteiger charge is -2.29. The van der Waals surface area contributed by atoms with E-state index in [2.05, 4.69) is 32.0 Å². The minimum Gasteiger partial charge on any atom is -0.383 e. The van der Waals surface area contributed by atoms with E-state index >= 15 is 0 Å². The molecule has 31 heavy (non-hydrogen) atoms. The Morgan fingerprint density at radius 3 is 2.84 bits per heavy atom. The number of nitrogens with one attached hydrogen (secondary N) is 3. The molecule has 0 bridgehead atoms. The average Bonchev–Trinajstić information content (AvgIpc) is 2.80. The van der Waals surface area contributed by atoms with E-state index in [1.54, 1.807) is 13.3 Å². The fourth-order valence-corrected chi connectivity index (χ4v) is 4.32. The number of ether oxygens (including phenoxy) is 1. The van der Waals surface area contributed by atoms with Crippen molar-refractivity contribution in [2.45, 2.75) is 44.2 Å². The van der Waals surface area contributed by atoms with Crippen molar-refractivity contribution in [2.24, 2.45) is 0 Å². The molecule has 1 aliphatic heterocycles. The summed E-state index contributed by atoms with van der Waals surface area (Å²) >= 11 is 0. The number of nitrogens with zero attached hydrogens (tertiary/aromatic N) is 3. The lowest BCUT2D eigenvalue weighted by Crippen LogP contribution is -2.38. The summed E-state index contributed by atoms with van der Waals surface area (Å²) in [5, 5.41) is 19.4. The molecule has 1 aromatic carbocycles. The number of hydrogen-bond acceptors (Lipinski definition) is 7. The van der Waals surface area contributed by atoms with E-state index in [1.165, 1.54) is 0 Å². The van der Waals surface area contributed by atoms with Gasteiger partial charge in [-0.3, -0.25) is 4.79 Å². The minimum atomic E-state index is -0.0503. The quantitative estimate of drug-likeness (QED) is 0.589. The van der Waals surface area contributed by atoms with E-state index in [0.717, 1.165) is 56.4 Å². The number of aromatic nitrogens is 2. The Morgan fingerprint density at radius 1 is 1.26 bits per heavy atom. The van der Waals surface area contributed by atoms with Crippen LogP contribution in [0.4, 0.5) is 5.95 Å². The van der Waals surface area contributed by atoms with Crippen molar-refractivity contribution in [1.29, 1.82) is 5.26 Å². The minimum absolute atomic E-state index is 0.0503. The predicted octanol–water partition coefficient (Wildman–Crippen LogP) is 2.26. The third kappa shape index (κ3) is 5.01. The van der Waals surface area contributed by atoms with Crippen LogP contribution >= 0.6 is 0 Å². The monoisotopic (exact) mass is 420 g/mol. The molecule has 8 nitrogen and oxygen atoms in total. The molecular formula is C23H28N6O2. The summed E-state index contributed by atoms with van der Waals surface area (Å²) < 4.78 is 5.10. The van der Waals surface area contributed by atoms with Gasteiger partial charge in [0.15, 0.2) is 0 Å². The van der Waals surface area contributed by atoms with Gasteiger partial charge in [0, 0.05) is 43.4 Å². The number of nitriles is 1. The van der Waals surface area contributed by atoms with E-state index in [4.69, 9.17) is 4.74 Å². The van der Waals surface area contributed by atoms with Gasteiger partial charge in [-0.2, -0.15) is 5.26 Å². The first-order valence-electron chi connectivity index (χ1n) is 10.9. The van der Waals surface area contributed by atoms with E-state index < -0.39 is 0 Å². The van der Waals surface area contributed by atoms with Gasteiger partial charge in [-0.15, -0.1) is 0 Å². The van der Waals surface area contributed by atoms with Crippen molar-refractivity contribution < 1.29 is 9.53 Å². The molecule has 1 saturated carbocycles. The molecule has 0 radical (unpaired) electrons. The summed E-state index contributed by atoms with van der Waals surface area (Å²) in [6, 6.07) is 8.67. The first-order chi connectivity index (χ1) is 15.2. The molecule has 1 aliphatic carbocycles. The SMILES string of the molecule is COCCNC1CCC(Nc2ncc(C#N)c(-c3ccc4c(c3)CCNC4=O)n2)CC1. The second kappa shape index (κ2) is 9.86. The van der Waals surface area contributed by atoms with Crippen LogP contribution in [0.25, 0.3) is 11.3 Å². The molecule has 2 aliphatic rings. The standard InChI is InChI=1S/C23H28N6O2/c1-31-11-10-25-18-3-5-19(6-4-18)28-23-27-14-17(13-24)21(29-23)16-2-7-20-15(12-16)8-9-26-22(20)30/h2,7,12,14,18-19,25H,3-6,8-11H2,1H3,(H,26,30)(H,27,28,29). The third-order valence-corrected chi connectivity index (χ3v) is 6.01. The summed E-state index contributed by atoms with van der Waals surface area (Å²) in [5.41, 5.74) is 3.54. The molecule has 0 unspecified atom stereocenters. The van der Waals surface area contributed by atoms with Crippen LogP contribution < -0.4 is 16.0 Å². The van der Waals surface area contributed by atoms with E-state index in [-0.39, 0.29) is 5.91 Å². The van der Waals surface area contributed by atoms with Gasteiger partial charge in [0.25, 0.3) is 5.91 Å². The molecule has 1 fully saturated rings. The number of rotatable bonds is 7. The topological polar surface area (TPSA) is 112 Å². The number of carbonyl (C=O) groups excluding carboxylic acids is 1. The van der Waals surface area contributed by atoms with E-state index in [0.29, 0.717) is 41.4 Å². The van der Waals surface area contributed by atoms with Crippen molar-refractivity contribution in [3.05, 3.63) is 41.1 Å². The van der Waals surface area contributed by atoms with E-state index in [9.17, 15) is 10.1 Å². The highest BCUT2D eigenvalue weighted by Gasteiger charge is 2.22. The smallest absolute Gasteiger partial charge is 0.251 e. The van der Waals surface area contributed by atoms with Crippen molar-refractivity contribution in [3.8, 4) is 17.3 Å². The molecule has 2 aromatic rings. The maximum Gasteiger partial charge on any atom is 0.251 e. The molecule has 8 heteroatoms. The molecule has 1 aromatic heterocycles. The predicted molar refractivity (Wildman–Crippen MR) is 118 cm³/mol. The average molecular weight is 421 g/mol. The second-order valence-electron chi connectivity index (χ2n) is 8.09. The first-order valence-corrected chi connectivity index (χ1v) is 10.9. The van der Waals surface area contributed by atoms with Crippen molar-refractivity contribution in [2.75, 3.05) is 32.1 Å². The Bertz CT molecular complexity index is 979. The summed E-state index contributed by atoms with van der Waals surface area (Å²) in [6.07, 6.45) is 6.62. The maximum atomic E-state index is 12.0. The summed E-state index contributed by atoms with van der Waals surface area (Å²) in [7, 11) is 1.72. The van der Waals surface area contributed by atoms with Crippen LogP contribution in [0, 0.1) is 11.3 Å². The Balaban J connectivity index is 1.46. The summed E-state index contributed by atoms with van der Waals surface area (Å²) in [4.78, 5) is 21.1. The highest BCUT2D eigenvalue weighted by atomic mass is 16.5. The Labute approximate surface area is 182 Å². The lowest BCUT2D eigenvalue weighted by molar-refractivity contribution is 0.0946. The molecule has 3 N–H and O–H groups in total. The highest BCUT2D eigenvalue weighted by Crippen LogP contribution is 2.27. The summed E-state index contributed by atoms with van der Waals surface area (Å²) in [6.45, 7) is 2.23. The van der Waals surface area contributed by atoms with Crippen molar-refractivity contribution in [3.63, 3.8) is 0 Å². The molecule has 4 rings (SSSR count). The van der Waals surface area contributed by atoms with Gasteiger partial charge < -0.3 is 20.7 Å². The van der Waals surface area contributed by atoms with Crippen LogP contribution in [0.2, 0.25) is 0 Å². The number of hydrogen-bond donors (Lipinski definition) is 3. The Morgan fingerprint density at radius 2 is 2.06 bits per heavy atom. The third-order valence-electron chi connectivity index (χ3n) is 6.01. The Kier molecular flexibility index (Phi) is 6.75. The number of carbonyl (C=O) groups is 1. The molecule has 0 saturated heterocycles. The number of amides is 1. The number of anilines is 1. The molecule has 1 amide bonds. The largest absolute Gasteiger partial charge is 0.383 e. The van der Waals surface area contributed by atoms with Crippen LogP contribution in [0.5, 0.6) is 0 Å². The van der Waals surface area contributed by atoms with Crippen molar-refractivity contribution in [1.82, 2.24) is 20.6 Å². The van der Waals surface area contributed by atoms with Gasteiger partial charge in [-0.25, -0.2) is 9.97 Å². The van der Waals surface area contributed by atoms with Crippen LogP contribution in [0.1, 0.15) is 47.2 Å². The number of benzene rings is 1. The van der Waals surface area contributed by atoms with Gasteiger partial charge in [0.05, 0.1) is 24.1 Å². The number of methoxy groups -OCH3 is 1. The lowest BCUT2D eigenvalue weighted by atomic mass is 9.91. The zero-order chi connectivity index (χ0) is 21.6. The van der Waals surface area contributed by atoms with Crippen LogP contribution in [0.3, 0.4) is 0 Å². The number of fused-ring (bicyclic) bond motifs is 1. The zero-order valence-electron chi connectivity index (χ0n) is 17.8. The molecule has 0 spiro atoms. The highest BCUT2D eigenvalue weighted by molar-refractivity contribution is 5.97. The Hall–Kier alpha value is -3.02. The van der Waals surface area contributed by atoms with Gasteiger partial charge in [0.2, 0.25) is 5.95 Å². The van der Waals surface area contributed by atoms with Gasteiger partial charge in [0.1, 0.15) is 6.07 Å². The molecular weight excluding hydrogens is 392 g/mol. The zero-order valence-corrected chi connectivity index (χ0v) is 17.8. The van der Waals surface area contributed by atoms with Crippen molar-refractivity contribution >= 4 is 11.9 Å².